The standard InChI is InChI=1S/C14H27NO2/c1-4-12-5-6-14(16)13(7-12)15-8-10(2)17-11(3)9-15/h10-14,16H,4-9H2,1-3H3/t10-,11+,12?,13?,14?. The van der Waals surface area contributed by atoms with Crippen LogP contribution in [0.4, 0.5) is 0 Å². The summed E-state index contributed by atoms with van der Waals surface area (Å²) in [4.78, 5) is 2.46. The third-order valence-corrected chi connectivity index (χ3v) is 4.38. The van der Waals surface area contributed by atoms with Crippen LogP contribution >= 0.6 is 0 Å². The van der Waals surface area contributed by atoms with Gasteiger partial charge in [-0.05, 0) is 39.0 Å². The van der Waals surface area contributed by atoms with Gasteiger partial charge in [0.1, 0.15) is 0 Å². The predicted molar refractivity (Wildman–Crippen MR) is 69.0 cm³/mol. The van der Waals surface area contributed by atoms with Crippen molar-refractivity contribution >= 4 is 0 Å². The number of rotatable bonds is 2. The quantitative estimate of drug-likeness (QED) is 0.803. The molecule has 17 heavy (non-hydrogen) atoms. The number of aliphatic hydroxyl groups excluding tert-OH is 1. The molecule has 1 saturated heterocycles. The highest BCUT2D eigenvalue weighted by molar-refractivity contribution is 4.89. The fourth-order valence-electron chi connectivity index (χ4n) is 3.47. The minimum Gasteiger partial charge on any atom is -0.391 e. The molecule has 100 valence electrons. The second-order valence-electron chi connectivity index (χ2n) is 5.93. The van der Waals surface area contributed by atoms with Gasteiger partial charge in [-0.25, -0.2) is 0 Å². The molecule has 0 aromatic carbocycles. The Balaban J connectivity index is 1.98. The lowest BCUT2D eigenvalue weighted by molar-refractivity contribution is -0.106. The maximum atomic E-state index is 10.2. The van der Waals surface area contributed by atoms with Crippen LogP contribution in [-0.2, 0) is 4.74 Å². The van der Waals surface area contributed by atoms with Crippen molar-refractivity contribution in [1.82, 2.24) is 4.90 Å². The van der Waals surface area contributed by atoms with Crippen molar-refractivity contribution < 1.29 is 9.84 Å². The highest BCUT2D eigenvalue weighted by Gasteiger charge is 2.35. The zero-order valence-electron chi connectivity index (χ0n) is 11.4. The van der Waals surface area contributed by atoms with Crippen LogP contribution < -0.4 is 0 Å². The third kappa shape index (κ3) is 3.21. The zero-order chi connectivity index (χ0) is 12.4. The molecule has 1 N–H and O–H groups in total. The first-order chi connectivity index (χ1) is 8.10. The summed E-state index contributed by atoms with van der Waals surface area (Å²) in [7, 11) is 0. The minimum atomic E-state index is -0.129. The van der Waals surface area contributed by atoms with E-state index < -0.39 is 0 Å². The van der Waals surface area contributed by atoms with Crippen molar-refractivity contribution in [3.8, 4) is 0 Å². The SMILES string of the molecule is CCC1CCC(O)C(N2C[C@@H](C)O[C@@H](C)C2)C1. The fraction of sp³-hybridized carbons (Fsp3) is 1.00. The molecule has 0 amide bonds. The molecule has 0 spiro atoms. The van der Waals surface area contributed by atoms with Gasteiger partial charge < -0.3 is 9.84 Å². The highest BCUT2D eigenvalue weighted by atomic mass is 16.5. The molecule has 2 rings (SSSR count). The second kappa shape index (κ2) is 5.68. The van der Waals surface area contributed by atoms with E-state index in [2.05, 4.69) is 25.7 Å². The smallest absolute Gasteiger partial charge is 0.0695 e. The molecular weight excluding hydrogens is 214 g/mol. The molecule has 0 aromatic heterocycles. The average molecular weight is 241 g/mol. The number of nitrogens with zero attached hydrogens (tertiary/aromatic N) is 1. The Bertz CT molecular complexity index is 236. The van der Waals surface area contributed by atoms with Gasteiger partial charge >= 0.3 is 0 Å². The van der Waals surface area contributed by atoms with E-state index in [1.165, 1.54) is 12.8 Å². The van der Waals surface area contributed by atoms with Gasteiger partial charge in [-0.2, -0.15) is 0 Å². The third-order valence-electron chi connectivity index (χ3n) is 4.38. The normalized spacial score (nSPS) is 44.8. The second-order valence-corrected chi connectivity index (χ2v) is 5.93. The van der Waals surface area contributed by atoms with E-state index in [1.54, 1.807) is 0 Å². The number of hydrogen-bond acceptors (Lipinski definition) is 3. The van der Waals surface area contributed by atoms with Crippen LogP contribution in [0.15, 0.2) is 0 Å². The monoisotopic (exact) mass is 241 g/mol. The van der Waals surface area contributed by atoms with Crippen LogP contribution in [0.25, 0.3) is 0 Å². The summed E-state index contributed by atoms with van der Waals surface area (Å²) in [5, 5.41) is 10.2. The topological polar surface area (TPSA) is 32.7 Å². The summed E-state index contributed by atoms with van der Waals surface area (Å²) in [6.45, 7) is 8.49. The first-order valence-corrected chi connectivity index (χ1v) is 7.17. The van der Waals surface area contributed by atoms with Crippen LogP contribution in [0.2, 0.25) is 0 Å². The van der Waals surface area contributed by atoms with E-state index in [-0.39, 0.29) is 6.10 Å². The lowest BCUT2D eigenvalue weighted by Gasteiger charge is -2.45. The van der Waals surface area contributed by atoms with E-state index in [0.717, 1.165) is 31.8 Å². The molecule has 2 aliphatic rings. The summed E-state index contributed by atoms with van der Waals surface area (Å²) >= 11 is 0. The van der Waals surface area contributed by atoms with Gasteiger partial charge in [-0.1, -0.05) is 13.3 Å². The zero-order valence-corrected chi connectivity index (χ0v) is 11.4. The van der Waals surface area contributed by atoms with Crippen molar-refractivity contribution in [2.24, 2.45) is 5.92 Å². The van der Waals surface area contributed by atoms with Crippen molar-refractivity contribution in [3.63, 3.8) is 0 Å². The van der Waals surface area contributed by atoms with E-state index in [4.69, 9.17) is 4.74 Å². The predicted octanol–water partition coefficient (Wildman–Crippen LogP) is 2.04. The van der Waals surface area contributed by atoms with Gasteiger partial charge in [0.25, 0.3) is 0 Å². The highest BCUT2D eigenvalue weighted by Crippen LogP contribution is 2.31. The summed E-state index contributed by atoms with van der Waals surface area (Å²) in [5.41, 5.74) is 0. The molecule has 0 aromatic rings. The Labute approximate surface area is 105 Å². The van der Waals surface area contributed by atoms with Crippen LogP contribution in [0, 0.1) is 5.92 Å². The molecule has 0 radical (unpaired) electrons. The molecule has 2 fully saturated rings. The van der Waals surface area contributed by atoms with Crippen LogP contribution in [0.5, 0.6) is 0 Å². The molecule has 3 nitrogen and oxygen atoms in total. The Morgan fingerprint density at radius 3 is 2.41 bits per heavy atom. The maximum absolute atomic E-state index is 10.2. The molecule has 1 saturated carbocycles. The Morgan fingerprint density at radius 2 is 1.82 bits per heavy atom. The largest absolute Gasteiger partial charge is 0.391 e. The van der Waals surface area contributed by atoms with Gasteiger partial charge in [0, 0.05) is 19.1 Å². The first kappa shape index (κ1) is 13.3. The molecular formula is C14H27NO2. The van der Waals surface area contributed by atoms with Crippen molar-refractivity contribution in [1.29, 1.82) is 0 Å². The van der Waals surface area contributed by atoms with Crippen molar-refractivity contribution in [3.05, 3.63) is 0 Å². The molecule has 3 unspecified atom stereocenters. The minimum absolute atomic E-state index is 0.129. The lowest BCUT2D eigenvalue weighted by atomic mass is 9.81. The fourth-order valence-corrected chi connectivity index (χ4v) is 3.47. The summed E-state index contributed by atoms with van der Waals surface area (Å²) in [6, 6.07) is 0.363. The summed E-state index contributed by atoms with van der Waals surface area (Å²) < 4.78 is 5.77. The summed E-state index contributed by atoms with van der Waals surface area (Å²) in [6.07, 6.45) is 5.05. The molecule has 1 heterocycles. The van der Waals surface area contributed by atoms with Crippen molar-refractivity contribution in [2.75, 3.05) is 13.1 Å². The molecule has 3 heteroatoms. The number of morpholine rings is 1. The van der Waals surface area contributed by atoms with E-state index >= 15 is 0 Å². The van der Waals surface area contributed by atoms with Gasteiger partial charge in [0.15, 0.2) is 0 Å². The molecule has 1 aliphatic carbocycles. The Kier molecular flexibility index (Phi) is 4.45. The van der Waals surface area contributed by atoms with Gasteiger partial charge in [0.2, 0.25) is 0 Å². The Morgan fingerprint density at radius 1 is 1.18 bits per heavy atom. The van der Waals surface area contributed by atoms with Crippen molar-refractivity contribution in [2.45, 2.75) is 70.8 Å². The molecule has 5 atom stereocenters. The van der Waals surface area contributed by atoms with Crippen LogP contribution in [-0.4, -0.2) is 47.4 Å². The van der Waals surface area contributed by atoms with E-state index in [9.17, 15) is 5.11 Å². The number of ether oxygens (including phenoxy) is 1. The van der Waals surface area contributed by atoms with Gasteiger partial charge in [-0.3, -0.25) is 4.90 Å². The molecule has 1 aliphatic heterocycles. The average Bonchev–Trinajstić information content (AvgIpc) is 2.28. The maximum Gasteiger partial charge on any atom is 0.0695 e. The lowest BCUT2D eigenvalue weighted by Crippen LogP contribution is -2.55. The number of aliphatic hydroxyl groups is 1. The van der Waals surface area contributed by atoms with E-state index in [0.29, 0.717) is 18.2 Å². The number of hydrogen-bond donors (Lipinski definition) is 1. The first-order valence-electron chi connectivity index (χ1n) is 7.17. The van der Waals surface area contributed by atoms with E-state index in [1.807, 2.05) is 0 Å². The van der Waals surface area contributed by atoms with Gasteiger partial charge in [0.05, 0.1) is 18.3 Å². The summed E-state index contributed by atoms with van der Waals surface area (Å²) in [5.74, 6) is 0.803. The Hall–Kier alpha value is -0.120. The van der Waals surface area contributed by atoms with Gasteiger partial charge in [-0.15, -0.1) is 0 Å². The molecule has 0 bridgehead atoms. The van der Waals surface area contributed by atoms with Crippen LogP contribution in [0.1, 0.15) is 46.5 Å². The van der Waals surface area contributed by atoms with Crippen LogP contribution in [0.3, 0.4) is 0 Å².